The Kier molecular flexibility index (Phi) is 3.37. The van der Waals surface area contributed by atoms with E-state index in [4.69, 9.17) is 0 Å². The Bertz CT molecular complexity index is 852. The van der Waals surface area contributed by atoms with Crippen molar-refractivity contribution in [1.29, 1.82) is 0 Å². The molecule has 3 aromatic rings. The van der Waals surface area contributed by atoms with Gasteiger partial charge in [0.2, 0.25) is 0 Å². The highest BCUT2D eigenvalue weighted by Crippen LogP contribution is 2.39. The number of hydrogen-bond donors (Lipinski definition) is 0. The lowest BCUT2D eigenvalue weighted by Crippen LogP contribution is -2.34. The molecule has 8 heteroatoms. The van der Waals surface area contributed by atoms with Crippen LogP contribution in [0.4, 0.5) is 0 Å². The van der Waals surface area contributed by atoms with Gasteiger partial charge < -0.3 is 4.57 Å². The largest absolute Gasteiger partial charge is 0.312 e. The van der Waals surface area contributed by atoms with E-state index in [1.807, 2.05) is 6.07 Å². The van der Waals surface area contributed by atoms with Crippen LogP contribution in [-0.4, -0.2) is 41.2 Å². The van der Waals surface area contributed by atoms with Crippen LogP contribution >= 0.6 is 11.3 Å². The zero-order valence-corrected chi connectivity index (χ0v) is 14.0. The molecule has 0 unspecified atom stereocenters. The zero-order valence-electron chi connectivity index (χ0n) is 13.2. The van der Waals surface area contributed by atoms with E-state index < -0.39 is 0 Å². The predicted molar refractivity (Wildman–Crippen MR) is 89.3 cm³/mol. The van der Waals surface area contributed by atoms with Crippen LogP contribution in [0.5, 0.6) is 0 Å². The van der Waals surface area contributed by atoms with Gasteiger partial charge in [0.25, 0.3) is 0 Å². The van der Waals surface area contributed by atoms with Crippen molar-refractivity contribution in [3.63, 3.8) is 0 Å². The number of aromatic nitrogens is 6. The molecule has 1 saturated carbocycles. The Morgan fingerprint density at radius 3 is 2.83 bits per heavy atom. The summed E-state index contributed by atoms with van der Waals surface area (Å²) in [7, 11) is 0. The fourth-order valence-electron chi connectivity index (χ4n) is 3.13. The van der Waals surface area contributed by atoms with E-state index in [-0.39, 0.29) is 0 Å². The van der Waals surface area contributed by atoms with Crippen molar-refractivity contribution >= 4 is 11.3 Å². The van der Waals surface area contributed by atoms with Crippen LogP contribution in [0.15, 0.2) is 23.8 Å². The van der Waals surface area contributed by atoms with Gasteiger partial charge >= 0.3 is 0 Å². The minimum Gasteiger partial charge on any atom is -0.312 e. The minimum absolute atomic E-state index is 0.657. The molecule has 0 saturated heterocycles. The molecule has 0 bridgehead atoms. The summed E-state index contributed by atoms with van der Waals surface area (Å²) in [4.78, 5) is 15.6. The minimum atomic E-state index is 0.657. The van der Waals surface area contributed by atoms with E-state index in [2.05, 4.69) is 40.0 Å². The summed E-state index contributed by atoms with van der Waals surface area (Å²) in [5, 5.41) is 11.8. The molecule has 24 heavy (non-hydrogen) atoms. The van der Waals surface area contributed by atoms with Gasteiger partial charge in [0.1, 0.15) is 11.6 Å². The molecule has 0 spiro atoms. The van der Waals surface area contributed by atoms with Gasteiger partial charge in [-0.15, -0.1) is 21.5 Å². The second-order valence-corrected chi connectivity index (χ2v) is 7.19. The van der Waals surface area contributed by atoms with Gasteiger partial charge in [-0.05, 0) is 18.9 Å². The fourth-order valence-corrected chi connectivity index (χ4v) is 3.89. The van der Waals surface area contributed by atoms with Crippen molar-refractivity contribution in [3.05, 3.63) is 41.2 Å². The third kappa shape index (κ3) is 2.61. The molecule has 1 fully saturated rings. The van der Waals surface area contributed by atoms with Gasteiger partial charge in [-0.25, -0.2) is 15.0 Å². The van der Waals surface area contributed by atoms with E-state index in [1.165, 1.54) is 18.7 Å². The van der Waals surface area contributed by atoms with Gasteiger partial charge in [-0.2, -0.15) is 0 Å². The second kappa shape index (κ2) is 5.71. The van der Waals surface area contributed by atoms with Gasteiger partial charge in [0.05, 0.1) is 12.2 Å². The third-order valence-electron chi connectivity index (χ3n) is 4.50. The maximum absolute atomic E-state index is 4.68. The molecule has 2 aliphatic rings. The van der Waals surface area contributed by atoms with Crippen LogP contribution in [0.2, 0.25) is 0 Å². The van der Waals surface area contributed by atoms with Crippen LogP contribution in [0.3, 0.4) is 0 Å². The Morgan fingerprint density at radius 1 is 1.12 bits per heavy atom. The summed E-state index contributed by atoms with van der Waals surface area (Å²) in [6.45, 7) is 3.66. The number of rotatable bonds is 4. The Hall–Kier alpha value is -2.19. The van der Waals surface area contributed by atoms with E-state index >= 15 is 0 Å². The van der Waals surface area contributed by atoms with Crippen LogP contribution in [0.25, 0.3) is 10.8 Å². The average molecular weight is 339 g/mol. The van der Waals surface area contributed by atoms with Crippen LogP contribution in [0.1, 0.15) is 36.1 Å². The first kappa shape index (κ1) is 14.2. The monoisotopic (exact) mass is 339 g/mol. The Balaban J connectivity index is 1.30. The smallest absolute Gasteiger partial charge is 0.188 e. The first-order valence-corrected chi connectivity index (χ1v) is 9.11. The molecule has 5 rings (SSSR count). The quantitative estimate of drug-likeness (QED) is 0.725. The highest BCUT2D eigenvalue weighted by atomic mass is 32.1. The summed E-state index contributed by atoms with van der Waals surface area (Å²) in [5.74, 6) is 3.64. The van der Waals surface area contributed by atoms with Crippen molar-refractivity contribution < 1.29 is 0 Å². The van der Waals surface area contributed by atoms with Crippen molar-refractivity contribution in [2.24, 2.45) is 0 Å². The standard InChI is InChI=1S/C16H17N7S/c1-4-17-14(18-5-1)16-19-12(10-24-16)8-22-6-7-23-13(9-22)20-21-15(23)11-2-3-11/h1,4-5,10-11H,2-3,6-9H2. The second-order valence-electron chi connectivity index (χ2n) is 6.33. The van der Waals surface area contributed by atoms with E-state index in [0.29, 0.717) is 11.7 Å². The Morgan fingerprint density at radius 2 is 2.00 bits per heavy atom. The lowest BCUT2D eigenvalue weighted by molar-refractivity contribution is 0.205. The maximum Gasteiger partial charge on any atom is 0.188 e. The number of fused-ring (bicyclic) bond motifs is 1. The fraction of sp³-hybridized carbons (Fsp3) is 0.438. The molecular weight excluding hydrogens is 322 g/mol. The van der Waals surface area contributed by atoms with Crippen LogP contribution in [-0.2, 0) is 19.6 Å². The predicted octanol–water partition coefficient (Wildman–Crippen LogP) is 2.08. The zero-order chi connectivity index (χ0) is 15.9. The summed E-state index contributed by atoms with van der Waals surface area (Å²) >= 11 is 1.60. The molecule has 3 aromatic heterocycles. The topological polar surface area (TPSA) is 72.6 Å². The summed E-state index contributed by atoms with van der Waals surface area (Å²) in [6.07, 6.45) is 6.03. The normalized spacial score (nSPS) is 17.8. The highest BCUT2D eigenvalue weighted by molar-refractivity contribution is 7.13. The third-order valence-corrected chi connectivity index (χ3v) is 5.38. The van der Waals surface area contributed by atoms with Gasteiger partial charge in [0.15, 0.2) is 10.8 Å². The van der Waals surface area contributed by atoms with Gasteiger partial charge in [-0.1, -0.05) is 0 Å². The molecular formula is C16H17N7S. The lowest BCUT2D eigenvalue weighted by atomic mass is 10.3. The van der Waals surface area contributed by atoms with E-state index in [0.717, 1.165) is 42.7 Å². The van der Waals surface area contributed by atoms with Crippen molar-refractivity contribution in [2.45, 2.75) is 38.4 Å². The maximum atomic E-state index is 4.68. The SMILES string of the molecule is c1cnc(-c2nc(CN3CCn4c(nnc4C4CC4)C3)cs2)nc1. The van der Waals surface area contributed by atoms with Gasteiger partial charge in [0, 0.05) is 43.3 Å². The summed E-state index contributed by atoms with van der Waals surface area (Å²) in [5.41, 5.74) is 1.07. The average Bonchev–Trinajstić information content (AvgIpc) is 3.21. The molecule has 0 atom stereocenters. The molecule has 0 aromatic carbocycles. The molecule has 122 valence electrons. The molecule has 0 radical (unpaired) electrons. The molecule has 0 N–H and O–H groups in total. The van der Waals surface area contributed by atoms with Crippen molar-refractivity contribution in [2.75, 3.05) is 6.54 Å². The van der Waals surface area contributed by atoms with Crippen molar-refractivity contribution in [3.8, 4) is 10.8 Å². The van der Waals surface area contributed by atoms with E-state index in [1.54, 1.807) is 23.7 Å². The first-order valence-electron chi connectivity index (χ1n) is 8.23. The molecule has 0 amide bonds. The summed E-state index contributed by atoms with van der Waals surface area (Å²) in [6, 6.07) is 1.82. The van der Waals surface area contributed by atoms with Gasteiger partial charge in [-0.3, -0.25) is 4.90 Å². The number of thiazole rings is 1. The van der Waals surface area contributed by atoms with Crippen molar-refractivity contribution in [1.82, 2.24) is 34.6 Å². The number of hydrogen-bond acceptors (Lipinski definition) is 7. The lowest BCUT2D eigenvalue weighted by Gasteiger charge is -2.27. The molecule has 1 aliphatic heterocycles. The summed E-state index contributed by atoms with van der Waals surface area (Å²) < 4.78 is 2.32. The molecule has 1 aliphatic carbocycles. The van der Waals surface area contributed by atoms with E-state index in [9.17, 15) is 0 Å². The number of nitrogens with zero attached hydrogens (tertiary/aromatic N) is 7. The van der Waals surface area contributed by atoms with Crippen LogP contribution in [0, 0.1) is 0 Å². The Labute approximate surface area is 143 Å². The molecule has 4 heterocycles. The molecule has 7 nitrogen and oxygen atoms in total. The highest BCUT2D eigenvalue weighted by Gasteiger charge is 2.32. The van der Waals surface area contributed by atoms with Crippen LogP contribution < -0.4 is 0 Å². The first-order chi connectivity index (χ1) is 11.9.